The normalized spacial score (nSPS) is 12.1. The number of ether oxygens (including phenoxy) is 1. The highest BCUT2D eigenvalue weighted by Crippen LogP contribution is 2.20. The van der Waals surface area contributed by atoms with Crippen LogP contribution in [0.4, 0.5) is 11.4 Å². The molecule has 0 heterocycles. The average Bonchev–Trinajstić information content (AvgIpc) is 2.76. The smallest absolute Gasteiger partial charge is 0.289 e. The Morgan fingerprint density at radius 1 is 0.931 bits per heavy atom. The molecular weight excluding hydrogens is 412 g/mol. The number of nitrogens with one attached hydrogen (secondary N) is 1. The molecule has 0 aliphatic rings. The lowest BCUT2D eigenvalue weighted by Gasteiger charge is -2.06. The van der Waals surface area contributed by atoms with Crippen molar-refractivity contribution in [3.63, 3.8) is 0 Å². The molecule has 3 aromatic carbocycles. The van der Waals surface area contributed by atoms with Crippen LogP contribution in [0.15, 0.2) is 99.1 Å². The minimum atomic E-state index is -3.99. The molecule has 0 bridgehead atoms. The number of methoxy groups -OCH3 is 1. The molecule has 0 saturated heterocycles. The van der Waals surface area contributed by atoms with E-state index in [-0.39, 0.29) is 4.90 Å². The summed E-state index contributed by atoms with van der Waals surface area (Å²) in [6.45, 7) is 0. The van der Waals surface area contributed by atoms with Gasteiger partial charge in [-0.2, -0.15) is 0 Å². The summed E-state index contributed by atoms with van der Waals surface area (Å²) < 4.78 is 31.0. The molecular formula is C20H17ClN4O3S. The first-order valence-corrected chi connectivity index (χ1v) is 10.3. The minimum absolute atomic E-state index is 0.0605. The summed E-state index contributed by atoms with van der Waals surface area (Å²) in [5, 5.41) is 11.9. The quantitative estimate of drug-likeness (QED) is 0.258. The molecule has 0 aliphatic heterocycles. The second-order valence-electron chi connectivity index (χ2n) is 5.73. The predicted octanol–water partition coefficient (Wildman–Crippen LogP) is 5.29. The van der Waals surface area contributed by atoms with Crippen molar-refractivity contribution < 1.29 is 13.2 Å². The Bertz CT molecular complexity index is 1110. The first-order chi connectivity index (χ1) is 14.0. The topological polar surface area (TPSA) is 92.5 Å². The Morgan fingerprint density at radius 2 is 1.59 bits per heavy atom. The standard InChI is InChI=1S/C20H17ClN4O3S/c1-28-18-13-11-17(12-14-18)23-25-20(24-22-16-9-7-15(21)8-10-16)29(26,27)19-5-3-2-4-6-19/h2-14,23H,1H3/b24-22?,25-20+. The van der Waals surface area contributed by atoms with E-state index in [1.165, 1.54) is 12.1 Å². The highest BCUT2D eigenvalue weighted by Gasteiger charge is 2.23. The lowest BCUT2D eigenvalue weighted by atomic mass is 10.3. The van der Waals surface area contributed by atoms with E-state index in [0.29, 0.717) is 22.1 Å². The first-order valence-electron chi connectivity index (χ1n) is 8.44. The van der Waals surface area contributed by atoms with E-state index in [1.807, 2.05) is 0 Å². The van der Waals surface area contributed by atoms with Gasteiger partial charge in [0.25, 0.3) is 5.17 Å². The summed E-state index contributed by atoms with van der Waals surface area (Å²) in [7, 11) is -2.43. The van der Waals surface area contributed by atoms with Crippen molar-refractivity contribution in [3.8, 4) is 5.75 Å². The number of benzene rings is 3. The van der Waals surface area contributed by atoms with Gasteiger partial charge in [-0.15, -0.1) is 15.3 Å². The van der Waals surface area contributed by atoms with Crippen molar-refractivity contribution in [1.82, 2.24) is 0 Å². The van der Waals surface area contributed by atoms with Crippen LogP contribution in [0.25, 0.3) is 0 Å². The molecule has 3 aromatic rings. The van der Waals surface area contributed by atoms with Crippen molar-refractivity contribution in [2.45, 2.75) is 4.90 Å². The van der Waals surface area contributed by atoms with Crippen LogP contribution in [0.2, 0.25) is 5.02 Å². The molecule has 0 aliphatic carbocycles. The molecule has 7 nitrogen and oxygen atoms in total. The van der Waals surface area contributed by atoms with Crippen LogP contribution in [0.5, 0.6) is 5.75 Å². The summed E-state index contributed by atoms with van der Waals surface area (Å²) in [5.41, 5.74) is 3.70. The van der Waals surface area contributed by atoms with E-state index < -0.39 is 15.0 Å². The molecule has 0 fully saturated rings. The van der Waals surface area contributed by atoms with Gasteiger partial charge < -0.3 is 4.74 Å². The zero-order valence-corrected chi connectivity index (χ0v) is 16.9. The summed E-state index contributed by atoms with van der Waals surface area (Å²) in [6.07, 6.45) is 0. The number of anilines is 1. The number of halogens is 1. The number of rotatable bonds is 5. The van der Waals surface area contributed by atoms with E-state index in [4.69, 9.17) is 16.3 Å². The third kappa shape index (κ3) is 5.40. The van der Waals surface area contributed by atoms with Gasteiger partial charge in [0.05, 0.1) is 23.4 Å². The van der Waals surface area contributed by atoms with Crippen LogP contribution in [0.1, 0.15) is 0 Å². The fourth-order valence-corrected chi connectivity index (χ4v) is 3.39. The summed E-state index contributed by atoms with van der Waals surface area (Å²) >= 11 is 5.86. The van der Waals surface area contributed by atoms with Gasteiger partial charge in [-0.05, 0) is 60.7 Å². The molecule has 0 spiro atoms. The first kappa shape index (κ1) is 20.5. The van der Waals surface area contributed by atoms with Gasteiger partial charge in [0.2, 0.25) is 9.84 Å². The molecule has 148 valence electrons. The molecule has 1 N–H and O–H groups in total. The third-order valence-corrected chi connectivity index (χ3v) is 5.54. The Hall–Kier alpha value is -3.23. The lowest BCUT2D eigenvalue weighted by Crippen LogP contribution is -2.14. The van der Waals surface area contributed by atoms with E-state index >= 15 is 0 Å². The molecule has 0 radical (unpaired) electrons. The summed E-state index contributed by atoms with van der Waals surface area (Å²) in [4.78, 5) is 0.0605. The van der Waals surface area contributed by atoms with Crippen molar-refractivity contribution in [2.75, 3.05) is 12.5 Å². The van der Waals surface area contributed by atoms with Crippen LogP contribution in [0.3, 0.4) is 0 Å². The lowest BCUT2D eigenvalue weighted by molar-refractivity contribution is 0.415. The maximum atomic E-state index is 13.0. The molecule has 3 rings (SSSR count). The van der Waals surface area contributed by atoms with Gasteiger partial charge in [0.1, 0.15) is 5.75 Å². The van der Waals surface area contributed by atoms with E-state index in [9.17, 15) is 8.42 Å². The fourth-order valence-electron chi connectivity index (χ4n) is 2.23. The predicted molar refractivity (Wildman–Crippen MR) is 114 cm³/mol. The third-order valence-electron chi connectivity index (χ3n) is 3.74. The van der Waals surface area contributed by atoms with Gasteiger partial charge in [-0.25, -0.2) is 8.42 Å². The van der Waals surface area contributed by atoms with E-state index in [0.717, 1.165) is 0 Å². The van der Waals surface area contributed by atoms with Crippen LogP contribution >= 0.6 is 11.6 Å². The molecule has 0 atom stereocenters. The number of hydrazone groups is 1. The molecule has 0 unspecified atom stereocenters. The number of nitrogens with zero attached hydrogens (tertiary/aromatic N) is 3. The largest absolute Gasteiger partial charge is 0.497 e. The molecule has 9 heteroatoms. The Labute approximate surface area is 173 Å². The number of hydrogen-bond acceptors (Lipinski definition) is 6. The van der Waals surface area contributed by atoms with Gasteiger partial charge in [-0.1, -0.05) is 29.8 Å². The monoisotopic (exact) mass is 428 g/mol. The van der Waals surface area contributed by atoms with E-state index in [1.54, 1.807) is 73.8 Å². The average molecular weight is 429 g/mol. The second-order valence-corrected chi connectivity index (χ2v) is 8.01. The Morgan fingerprint density at radius 3 is 2.21 bits per heavy atom. The molecule has 0 aromatic heterocycles. The zero-order chi connectivity index (χ0) is 20.7. The fraction of sp³-hybridized carbons (Fsp3) is 0.0500. The molecule has 29 heavy (non-hydrogen) atoms. The van der Waals surface area contributed by atoms with Crippen molar-refractivity contribution in [1.29, 1.82) is 0 Å². The Kier molecular flexibility index (Phi) is 6.58. The highest BCUT2D eigenvalue weighted by atomic mass is 35.5. The van der Waals surface area contributed by atoms with Gasteiger partial charge in [0.15, 0.2) is 0 Å². The van der Waals surface area contributed by atoms with Crippen LogP contribution < -0.4 is 10.2 Å². The van der Waals surface area contributed by atoms with Crippen molar-refractivity contribution >= 4 is 38.0 Å². The van der Waals surface area contributed by atoms with Crippen LogP contribution in [-0.4, -0.2) is 20.7 Å². The highest BCUT2D eigenvalue weighted by molar-refractivity contribution is 8.06. The number of azo groups is 1. The SMILES string of the molecule is COc1ccc(N/N=C(\N=Nc2ccc(Cl)cc2)S(=O)(=O)c2ccccc2)cc1. The maximum Gasteiger partial charge on any atom is 0.289 e. The van der Waals surface area contributed by atoms with Crippen LogP contribution in [-0.2, 0) is 9.84 Å². The summed E-state index contributed by atoms with van der Waals surface area (Å²) in [5.74, 6) is 0.666. The second kappa shape index (κ2) is 9.31. The molecule has 0 saturated carbocycles. The maximum absolute atomic E-state index is 13.0. The zero-order valence-electron chi connectivity index (χ0n) is 15.4. The summed E-state index contributed by atoms with van der Waals surface area (Å²) in [6, 6.07) is 21.3. The van der Waals surface area contributed by atoms with Gasteiger partial charge in [-0.3, -0.25) is 5.43 Å². The van der Waals surface area contributed by atoms with Gasteiger partial charge in [0, 0.05) is 5.02 Å². The number of sulfone groups is 1. The number of amidine groups is 1. The van der Waals surface area contributed by atoms with Crippen molar-refractivity contribution in [2.24, 2.45) is 15.3 Å². The van der Waals surface area contributed by atoms with Crippen LogP contribution in [0, 0.1) is 0 Å². The number of hydrogen-bond donors (Lipinski definition) is 1. The van der Waals surface area contributed by atoms with E-state index in [2.05, 4.69) is 20.8 Å². The van der Waals surface area contributed by atoms with Crippen molar-refractivity contribution in [3.05, 3.63) is 83.9 Å². The Balaban J connectivity index is 1.94. The minimum Gasteiger partial charge on any atom is -0.497 e. The molecule has 0 amide bonds. The van der Waals surface area contributed by atoms with Gasteiger partial charge >= 0.3 is 0 Å².